The van der Waals surface area contributed by atoms with Crippen molar-refractivity contribution >= 4 is 39.1 Å². The molecule has 2 N–H and O–H groups in total. The Morgan fingerprint density at radius 2 is 1.85 bits per heavy atom. The molecule has 0 saturated carbocycles. The third kappa shape index (κ3) is 3.02. The number of hydrogen-bond acceptors (Lipinski definition) is 2. The highest BCUT2D eigenvalue weighted by atomic mass is 79.9. The first-order chi connectivity index (χ1) is 6.15. The minimum atomic E-state index is 0.404. The summed E-state index contributed by atoms with van der Waals surface area (Å²) in [6.07, 6.45) is 0. The first kappa shape index (κ1) is 11.1. The van der Waals surface area contributed by atoms with E-state index >= 15 is 0 Å². The molecule has 0 spiro atoms. The van der Waals surface area contributed by atoms with E-state index in [0.717, 1.165) is 4.47 Å². The van der Waals surface area contributed by atoms with E-state index in [0.29, 0.717) is 28.9 Å². The van der Waals surface area contributed by atoms with Crippen molar-refractivity contribution in [2.24, 2.45) is 5.73 Å². The van der Waals surface area contributed by atoms with E-state index in [-0.39, 0.29) is 0 Å². The van der Waals surface area contributed by atoms with E-state index in [1.54, 1.807) is 12.1 Å². The van der Waals surface area contributed by atoms with E-state index in [1.165, 1.54) is 0 Å². The topological polar surface area (TPSA) is 35.2 Å². The van der Waals surface area contributed by atoms with Crippen LogP contribution in [0.4, 0.5) is 0 Å². The van der Waals surface area contributed by atoms with Crippen LogP contribution < -0.4 is 10.5 Å². The first-order valence-corrected chi connectivity index (χ1v) is 5.17. The van der Waals surface area contributed by atoms with Crippen molar-refractivity contribution in [1.29, 1.82) is 0 Å². The average Bonchev–Trinajstić information content (AvgIpc) is 2.02. The number of halogens is 3. The minimum Gasteiger partial charge on any atom is -0.489 e. The van der Waals surface area contributed by atoms with Crippen LogP contribution in [-0.4, -0.2) is 13.2 Å². The molecular weight excluding hydrogens is 277 g/mol. The molecule has 1 aromatic rings. The van der Waals surface area contributed by atoms with Gasteiger partial charge >= 0.3 is 0 Å². The molecule has 0 heterocycles. The van der Waals surface area contributed by atoms with Crippen LogP contribution in [0.1, 0.15) is 0 Å². The van der Waals surface area contributed by atoms with Gasteiger partial charge in [-0.1, -0.05) is 39.1 Å². The Morgan fingerprint density at radius 1 is 1.31 bits per heavy atom. The van der Waals surface area contributed by atoms with Crippen LogP contribution in [0.5, 0.6) is 5.75 Å². The molecule has 0 amide bonds. The molecular formula is C8H8BrCl2NO. The number of rotatable bonds is 3. The standard InChI is InChI=1S/C8H8BrCl2NO/c9-5-3-6(10)8(7(11)4-5)13-2-1-12/h3-4H,1-2,12H2. The van der Waals surface area contributed by atoms with Crippen LogP contribution >= 0.6 is 39.1 Å². The summed E-state index contributed by atoms with van der Waals surface area (Å²) in [6.45, 7) is 0.837. The summed E-state index contributed by atoms with van der Waals surface area (Å²) in [7, 11) is 0. The molecule has 0 aliphatic rings. The number of hydrogen-bond donors (Lipinski definition) is 1. The molecule has 0 atom stereocenters. The van der Waals surface area contributed by atoms with Gasteiger partial charge < -0.3 is 10.5 Å². The summed E-state index contributed by atoms with van der Waals surface area (Å²) in [6, 6.07) is 3.44. The number of benzene rings is 1. The molecule has 5 heteroatoms. The highest BCUT2D eigenvalue weighted by Crippen LogP contribution is 2.35. The molecule has 0 unspecified atom stereocenters. The minimum absolute atomic E-state index is 0.404. The predicted octanol–water partition coefficient (Wildman–Crippen LogP) is 3.09. The Balaban J connectivity index is 2.92. The van der Waals surface area contributed by atoms with E-state index < -0.39 is 0 Å². The Labute approximate surface area is 95.1 Å². The maximum Gasteiger partial charge on any atom is 0.156 e. The predicted molar refractivity (Wildman–Crippen MR) is 58.7 cm³/mol. The van der Waals surface area contributed by atoms with Crippen molar-refractivity contribution in [2.45, 2.75) is 0 Å². The SMILES string of the molecule is NCCOc1c(Cl)cc(Br)cc1Cl. The van der Waals surface area contributed by atoms with Gasteiger partial charge in [-0.2, -0.15) is 0 Å². The van der Waals surface area contributed by atoms with Crippen molar-refractivity contribution in [3.05, 3.63) is 26.7 Å². The average molecular weight is 285 g/mol. The van der Waals surface area contributed by atoms with Crippen molar-refractivity contribution in [2.75, 3.05) is 13.2 Å². The highest BCUT2D eigenvalue weighted by Gasteiger charge is 2.07. The molecule has 0 aromatic heterocycles. The van der Waals surface area contributed by atoms with Crippen LogP contribution in [0, 0.1) is 0 Å². The summed E-state index contributed by atoms with van der Waals surface area (Å²) in [5.41, 5.74) is 5.29. The lowest BCUT2D eigenvalue weighted by Crippen LogP contribution is -2.10. The van der Waals surface area contributed by atoms with Gasteiger partial charge in [0.1, 0.15) is 6.61 Å². The maximum absolute atomic E-state index is 5.89. The largest absolute Gasteiger partial charge is 0.489 e. The summed E-state index contributed by atoms with van der Waals surface area (Å²) < 4.78 is 6.08. The molecule has 1 aromatic carbocycles. The van der Waals surface area contributed by atoms with Crippen LogP contribution in [0.2, 0.25) is 10.0 Å². The van der Waals surface area contributed by atoms with E-state index in [2.05, 4.69) is 15.9 Å². The molecule has 0 bridgehead atoms. The summed E-state index contributed by atoms with van der Waals surface area (Å²) in [5, 5.41) is 0.959. The lowest BCUT2D eigenvalue weighted by molar-refractivity contribution is 0.328. The summed E-state index contributed by atoms with van der Waals surface area (Å²) in [5.74, 6) is 0.483. The molecule has 72 valence electrons. The van der Waals surface area contributed by atoms with Gasteiger partial charge in [0.15, 0.2) is 5.75 Å². The molecule has 2 nitrogen and oxygen atoms in total. The van der Waals surface area contributed by atoms with Crippen LogP contribution in [0.3, 0.4) is 0 Å². The second-order valence-corrected chi connectivity index (χ2v) is 4.07. The van der Waals surface area contributed by atoms with Gasteiger partial charge in [-0.25, -0.2) is 0 Å². The van der Waals surface area contributed by atoms with Crippen molar-refractivity contribution in [3.8, 4) is 5.75 Å². The summed E-state index contributed by atoms with van der Waals surface area (Å²) in [4.78, 5) is 0. The Morgan fingerprint density at radius 3 is 2.31 bits per heavy atom. The quantitative estimate of drug-likeness (QED) is 0.926. The molecule has 13 heavy (non-hydrogen) atoms. The van der Waals surface area contributed by atoms with E-state index in [4.69, 9.17) is 33.7 Å². The van der Waals surface area contributed by atoms with Crippen molar-refractivity contribution in [1.82, 2.24) is 0 Å². The molecule has 0 aliphatic heterocycles. The van der Waals surface area contributed by atoms with Gasteiger partial charge in [0, 0.05) is 11.0 Å². The zero-order valence-electron chi connectivity index (χ0n) is 6.69. The molecule has 0 aliphatic carbocycles. The number of ether oxygens (including phenoxy) is 1. The van der Waals surface area contributed by atoms with Crippen molar-refractivity contribution in [3.63, 3.8) is 0 Å². The van der Waals surface area contributed by atoms with Crippen LogP contribution in [0.15, 0.2) is 16.6 Å². The van der Waals surface area contributed by atoms with Gasteiger partial charge in [0.05, 0.1) is 10.0 Å². The third-order valence-corrected chi connectivity index (χ3v) is 2.35. The fourth-order valence-electron chi connectivity index (χ4n) is 0.828. The van der Waals surface area contributed by atoms with Crippen LogP contribution in [-0.2, 0) is 0 Å². The van der Waals surface area contributed by atoms with Gasteiger partial charge in [0.25, 0.3) is 0 Å². The second kappa shape index (κ2) is 5.05. The molecule has 0 saturated heterocycles. The van der Waals surface area contributed by atoms with Crippen LogP contribution in [0.25, 0.3) is 0 Å². The zero-order chi connectivity index (χ0) is 9.84. The van der Waals surface area contributed by atoms with Gasteiger partial charge in [-0.15, -0.1) is 0 Å². The molecule has 0 fully saturated rings. The van der Waals surface area contributed by atoms with E-state index in [1.807, 2.05) is 0 Å². The van der Waals surface area contributed by atoms with E-state index in [9.17, 15) is 0 Å². The highest BCUT2D eigenvalue weighted by molar-refractivity contribution is 9.10. The Hall–Kier alpha value is 0.0400. The second-order valence-electron chi connectivity index (χ2n) is 2.34. The Bertz CT molecular complexity index is 283. The monoisotopic (exact) mass is 283 g/mol. The maximum atomic E-state index is 5.89. The van der Waals surface area contributed by atoms with Gasteiger partial charge in [0.2, 0.25) is 0 Å². The normalized spacial score (nSPS) is 10.2. The Kier molecular flexibility index (Phi) is 4.32. The molecule has 1 rings (SSSR count). The zero-order valence-corrected chi connectivity index (χ0v) is 9.79. The molecule has 0 radical (unpaired) electrons. The summed E-state index contributed by atoms with van der Waals surface area (Å²) >= 11 is 15.0. The van der Waals surface area contributed by atoms with Gasteiger partial charge in [-0.05, 0) is 12.1 Å². The first-order valence-electron chi connectivity index (χ1n) is 3.62. The lowest BCUT2D eigenvalue weighted by atomic mass is 10.3. The lowest BCUT2D eigenvalue weighted by Gasteiger charge is -2.08. The fourth-order valence-corrected chi connectivity index (χ4v) is 2.15. The fraction of sp³-hybridized carbons (Fsp3) is 0.250. The smallest absolute Gasteiger partial charge is 0.156 e. The number of nitrogens with two attached hydrogens (primary N) is 1. The van der Waals surface area contributed by atoms with Crippen molar-refractivity contribution < 1.29 is 4.74 Å². The third-order valence-electron chi connectivity index (χ3n) is 1.33. The van der Waals surface area contributed by atoms with Gasteiger partial charge in [-0.3, -0.25) is 0 Å².